The number of hydrogen-bond acceptors (Lipinski definition) is 7. The average molecular weight is 495 g/mol. The molecule has 0 spiro atoms. The van der Waals surface area contributed by atoms with E-state index in [2.05, 4.69) is 32.3 Å². The molecule has 1 aliphatic heterocycles. The van der Waals surface area contributed by atoms with E-state index in [0.29, 0.717) is 0 Å². The maximum atomic E-state index is 13.3. The number of morpholine rings is 1. The van der Waals surface area contributed by atoms with Crippen LogP contribution in [0.15, 0.2) is 66.0 Å². The minimum atomic E-state index is -0.265. The van der Waals surface area contributed by atoms with E-state index in [-0.39, 0.29) is 17.5 Å². The summed E-state index contributed by atoms with van der Waals surface area (Å²) in [5, 5.41) is 3.72. The number of halogens is 1. The van der Waals surface area contributed by atoms with Gasteiger partial charge in [-0.2, -0.15) is 0 Å². The number of carbonyl (C=O) groups is 1. The first-order chi connectivity index (χ1) is 16.6. The van der Waals surface area contributed by atoms with E-state index in [1.807, 2.05) is 18.2 Å². The summed E-state index contributed by atoms with van der Waals surface area (Å²) in [6.45, 7) is 4.34. The van der Waals surface area contributed by atoms with Gasteiger partial charge in [0.25, 0.3) is 0 Å². The fourth-order valence-corrected chi connectivity index (χ4v) is 5.73. The molecule has 1 saturated heterocycles. The zero-order valence-corrected chi connectivity index (χ0v) is 20.0. The average Bonchev–Trinajstić information content (AvgIpc) is 3.30. The molecule has 1 amide bonds. The molecule has 34 heavy (non-hydrogen) atoms. The summed E-state index contributed by atoms with van der Waals surface area (Å²) >= 11 is 2.93. The molecule has 0 atom stereocenters. The Labute approximate surface area is 205 Å². The van der Waals surface area contributed by atoms with Crippen molar-refractivity contribution in [3.05, 3.63) is 72.3 Å². The highest BCUT2D eigenvalue weighted by atomic mass is 32.2. The van der Waals surface area contributed by atoms with Crippen LogP contribution < -0.4 is 5.32 Å². The second-order valence-electron chi connectivity index (χ2n) is 7.93. The van der Waals surface area contributed by atoms with Crippen molar-refractivity contribution < 1.29 is 13.9 Å². The quantitative estimate of drug-likeness (QED) is 0.286. The molecular formula is C25H23FN4O2S2. The van der Waals surface area contributed by atoms with Crippen LogP contribution in [0.1, 0.15) is 5.56 Å². The number of ether oxygens (including phenoxy) is 1. The molecular weight excluding hydrogens is 471 g/mol. The minimum Gasteiger partial charge on any atom is -0.379 e. The van der Waals surface area contributed by atoms with Crippen LogP contribution in [0.25, 0.3) is 20.7 Å². The van der Waals surface area contributed by atoms with E-state index in [4.69, 9.17) is 4.74 Å². The highest BCUT2D eigenvalue weighted by Crippen LogP contribution is 2.37. The van der Waals surface area contributed by atoms with Gasteiger partial charge in [0.15, 0.2) is 0 Å². The zero-order valence-electron chi connectivity index (χ0n) is 18.4. The van der Waals surface area contributed by atoms with Crippen LogP contribution in [0.4, 0.5) is 10.1 Å². The van der Waals surface area contributed by atoms with E-state index in [1.54, 1.807) is 23.5 Å². The van der Waals surface area contributed by atoms with Crippen LogP contribution in [0.2, 0.25) is 0 Å². The molecule has 3 heterocycles. The SMILES string of the molecule is O=C(CSc1ncnc2cc(-c3ccc(F)cc3)sc12)Nc1ccc(CN2CCOCC2)cc1. The van der Waals surface area contributed by atoms with Gasteiger partial charge >= 0.3 is 0 Å². The number of anilines is 1. The Morgan fingerprint density at radius 3 is 2.62 bits per heavy atom. The second kappa shape index (κ2) is 10.6. The lowest BCUT2D eigenvalue weighted by molar-refractivity contribution is -0.113. The van der Waals surface area contributed by atoms with Gasteiger partial charge in [0.05, 0.1) is 29.2 Å². The molecule has 0 radical (unpaired) electrons. The maximum Gasteiger partial charge on any atom is 0.234 e. The maximum absolute atomic E-state index is 13.3. The number of nitrogens with one attached hydrogen (secondary N) is 1. The van der Waals surface area contributed by atoms with Crippen LogP contribution in [0.5, 0.6) is 0 Å². The van der Waals surface area contributed by atoms with Gasteiger partial charge in [-0.15, -0.1) is 11.3 Å². The van der Waals surface area contributed by atoms with Crippen LogP contribution in [-0.4, -0.2) is 52.8 Å². The lowest BCUT2D eigenvalue weighted by Gasteiger charge is -2.26. The first kappa shape index (κ1) is 22.9. The lowest BCUT2D eigenvalue weighted by Crippen LogP contribution is -2.35. The van der Waals surface area contributed by atoms with Crippen LogP contribution in [0.3, 0.4) is 0 Å². The Balaban J connectivity index is 1.19. The zero-order chi connectivity index (χ0) is 23.3. The summed E-state index contributed by atoms with van der Waals surface area (Å²) in [5.74, 6) is -0.113. The molecule has 0 aliphatic carbocycles. The fraction of sp³-hybridized carbons (Fsp3) is 0.240. The molecule has 1 aliphatic rings. The van der Waals surface area contributed by atoms with Gasteiger partial charge in [0, 0.05) is 30.2 Å². The standard InChI is InChI=1S/C25H23FN4O2S2/c26-19-5-3-18(4-6-19)22-13-21-24(34-22)25(28-16-27-21)33-15-23(31)29-20-7-1-17(2-8-20)14-30-9-11-32-12-10-30/h1-8,13,16H,9-12,14-15H2,(H,29,31). The number of nitrogens with zero attached hydrogens (tertiary/aromatic N) is 3. The third kappa shape index (κ3) is 5.61. The predicted molar refractivity (Wildman–Crippen MR) is 135 cm³/mol. The van der Waals surface area contributed by atoms with Gasteiger partial charge in [-0.05, 0) is 41.5 Å². The van der Waals surface area contributed by atoms with Crippen molar-refractivity contribution in [3.63, 3.8) is 0 Å². The second-order valence-corrected chi connectivity index (χ2v) is 9.95. The molecule has 6 nitrogen and oxygen atoms in total. The van der Waals surface area contributed by atoms with Crippen LogP contribution in [-0.2, 0) is 16.1 Å². The Morgan fingerprint density at radius 2 is 1.85 bits per heavy atom. The summed E-state index contributed by atoms with van der Waals surface area (Å²) in [6, 6.07) is 16.3. The topological polar surface area (TPSA) is 67.4 Å². The number of thiophene rings is 1. The van der Waals surface area contributed by atoms with Gasteiger partial charge in [-0.25, -0.2) is 14.4 Å². The number of hydrogen-bond donors (Lipinski definition) is 1. The summed E-state index contributed by atoms with van der Waals surface area (Å²) in [5.41, 5.74) is 3.74. The predicted octanol–water partition coefficient (Wildman–Crippen LogP) is 5.06. The smallest absolute Gasteiger partial charge is 0.234 e. The van der Waals surface area contributed by atoms with E-state index in [1.165, 1.54) is 35.8 Å². The monoisotopic (exact) mass is 494 g/mol. The van der Waals surface area contributed by atoms with Gasteiger partial charge in [0.2, 0.25) is 5.91 Å². The van der Waals surface area contributed by atoms with Crippen molar-refractivity contribution in [1.29, 1.82) is 0 Å². The number of carbonyl (C=O) groups excluding carboxylic acids is 1. The molecule has 1 N–H and O–H groups in total. The Kier molecular flexibility index (Phi) is 7.15. The molecule has 2 aromatic carbocycles. The summed E-state index contributed by atoms with van der Waals surface area (Å²) in [7, 11) is 0. The number of rotatable bonds is 7. The number of benzene rings is 2. The van der Waals surface area contributed by atoms with Gasteiger partial charge in [0.1, 0.15) is 17.2 Å². The van der Waals surface area contributed by atoms with E-state index in [0.717, 1.165) is 64.2 Å². The van der Waals surface area contributed by atoms with E-state index >= 15 is 0 Å². The number of amides is 1. The van der Waals surface area contributed by atoms with Gasteiger partial charge in [-0.1, -0.05) is 36.0 Å². The third-order valence-corrected chi connectivity index (χ3v) is 7.79. The van der Waals surface area contributed by atoms with E-state index < -0.39 is 0 Å². The Bertz CT molecular complexity index is 1270. The van der Waals surface area contributed by atoms with Crippen molar-refractivity contribution in [3.8, 4) is 10.4 Å². The third-order valence-electron chi connectivity index (χ3n) is 5.49. The summed E-state index contributed by atoms with van der Waals surface area (Å²) < 4.78 is 19.6. The number of fused-ring (bicyclic) bond motifs is 1. The Morgan fingerprint density at radius 1 is 1.09 bits per heavy atom. The number of thioether (sulfide) groups is 1. The van der Waals surface area contributed by atoms with E-state index in [9.17, 15) is 9.18 Å². The molecule has 0 bridgehead atoms. The molecule has 0 saturated carbocycles. The molecule has 1 fully saturated rings. The fourth-order valence-electron chi connectivity index (χ4n) is 3.73. The van der Waals surface area contributed by atoms with Crippen molar-refractivity contribution in [1.82, 2.24) is 14.9 Å². The molecule has 4 aromatic rings. The first-order valence-electron chi connectivity index (χ1n) is 11.0. The largest absolute Gasteiger partial charge is 0.379 e. The molecule has 9 heteroatoms. The molecule has 5 rings (SSSR count). The lowest BCUT2D eigenvalue weighted by atomic mass is 10.2. The Hall–Kier alpha value is -2.85. The highest BCUT2D eigenvalue weighted by molar-refractivity contribution is 8.00. The number of aromatic nitrogens is 2. The normalized spacial score (nSPS) is 14.4. The van der Waals surface area contributed by atoms with Crippen LogP contribution in [0, 0.1) is 5.82 Å². The summed E-state index contributed by atoms with van der Waals surface area (Å²) in [6.07, 6.45) is 1.51. The van der Waals surface area contributed by atoms with Crippen LogP contribution >= 0.6 is 23.1 Å². The van der Waals surface area contributed by atoms with Crippen molar-refractivity contribution in [2.45, 2.75) is 11.6 Å². The molecule has 0 unspecified atom stereocenters. The summed E-state index contributed by atoms with van der Waals surface area (Å²) in [4.78, 5) is 24.6. The molecule has 2 aromatic heterocycles. The minimum absolute atomic E-state index is 0.0898. The van der Waals surface area contributed by atoms with Gasteiger partial charge in [-0.3, -0.25) is 9.69 Å². The van der Waals surface area contributed by atoms with Crippen molar-refractivity contribution in [2.24, 2.45) is 0 Å². The van der Waals surface area contributed by atoms with Gasteiger partial charge < -0.3 is 10.1 Å². The van der Waals surface area contributed by atoms with Crippen molar-refractivity contribution in [2.75, 3.05) is 37.4 Å². The van der Waals surface area contributed by atoms with Crippen molar-refractivity contribution >= 4 is 44.9 Å². The highest BCUT2D eigenvalue weighted by Gasteiger charge is 2.14. The molecule has 174 valence electrons. The first-order valence-corrected chi connectivity index (χ1v) is 12.8.